The predicted octanol–water partition coefficient (Wildman–Crippen LogP) is 3.92. The Morgan fingerprint density at radius 1 is 1.35 bits per heavy atom. The van der Waals surface area contributed by atoms with Crippen LogP contribution in [0.25, 0.3) is 0 Å². The molecule has 0 unspecified atom stereocenters. The van der Waals surface area contributed by atoms with Gasteiger partial charge in [-0.2, -0.15) is 4.39 Å². The van der Waals surface area contributed by atoms with E-state index in [-0.39, 0.29) is 16.7 Å². The van der Waals surface area contributed by atoms with Crippen LogP contribution in [0.1, 0.15) is 12.5 Å². The second-order valence-corrected chi connectivity index (χ2v) is 4.47. The topological polar surface area (TPSA) is 34.2 Å². The summed E-state index contributed by atoms with van der Waals surface area (Å²) in [6, 6.07) is 5.34. The second kappa shape index (κ2) is 6.63. The van der Waals surface area contributed by atoms with Gasteiger partial charge in [0.15, 0.2) is 11.6 Å². The zero-order chi connectivity index (χ0) is 14.5. The number of pyridine rings is 1. The number of halogens is 3. The molecule has 0 bridgehead atoms. The van der Waals surface area contributed by atoms with E-state index in [0.29, 0.717) is 6.54 Å². The summed E-state index contributed by atoms with van der Waals surface area (Å²) in [5.41, 5.74) is 0.879. The summed E-state index contributed by atoms with van der Waals surface area (Å²) in [6.07, 6.45) is 1.57. The fourth-order valence-electron chi connectivity index (χ4n) is 1.57. The molecule has 1 aromatic heterocycles. The number of aromatic nitrogens is 1. The van der Waals surface area contributed by atoms with Gasteiger partial charge < -0.3 is 10.1 Å². The van der Waals surface area contributed by atoms with Gasteiger partial charge in [0.1, 0.15) is 5.02 Å². The van der Waals surface area contributed by atoms with Crippen molar-refractivity contribution in [1.82, 2.24) is 10.3 Å². The van der Waals surface area contributed by atoms with Crippen LogP contribution in [0.15, 0.2) is 30.5 Å². The van der Waals surface area contributed by atoms with Gasteiger partial charge in [0.05, 0.1) is 0 Å². The van der Waals surface area contributed by atoms with Gasteiger partial charge in [-0.05, 0) is 30.3 Å². The van der Waals surface area contributed by atoms with Crippen molar-refractivity contribution in [1.29, 1.82) is 0 Å². The monoisotopic (exact) mass is 298 g/mol. The third-order valence-corrected chi connectivity index (χ3v) is 2.84. The molecule has 0 saturated carbocycles. The highest BCUT2D eigenvalue weighted by atomic mass is 35.5. The summed E-state index contributed by atoms with van der Waals surface area (Å²) in [6.45, 7) is 3.43. The van der Waals surface area contributed by atoms with Crippen LogP contribution in [0.2, 0.25) is 5.02 Å². The summed E-state index contributed by atoms with van der Waals surface area (Å²) >= 11 is 6.02. The van der Waals surface area contributed by atoms with Crippen LogP contribution >= 0.6 is 11.6 Å². The minimum Gasteiger partial charge on any atom is -0.434 e. The largest absolute Gasteiger partial charge is 0.434 e. The number of nitrogens with one attached hydrogen (secondary N) is 1. The highest BCUT2D eigenvalue weighted by Gasteiger charge is 2.12. The van der Waals surface area contributed by atoms with Crippen molar-refractivity contribution >= 4 is 11.6 Å². The maximum Gasteiger partial charge on any atom is 0.238 e. The van der Waals surface area contributed by atoms with Gasteiger partial charge in [-0.3, -0.25) is 0 Å². The van der Waals surface area contributed by atoms with Crippen molar-refractivity contribution in [2.24, 2.45) is 0 Å². The first-order valence-corrected chi connectivity index (χ1v) is 6.46. The maximum atomic E-state index is 13.5. The molecule has 0 amide bonds. The third-order valence-electron chi connectivity index (χ3n) is 2.57. The first-order chi connectivity index (χ1) is 9.61. The Balaban J connectivity index is 2.19. The lowest BCUT2D eigenvalue weighted by Crippen LogP contribution is -2.11. The number of ether oxygens (including phenoxy) is 1. The lowest BCUT2D eigenvalue weighted by atomic mass is 10.3. The van der Waals surface area contributed by atoms with Crippen LogP contribution in [0.5, 0.6) is 11.6 Å². The van der Waals surface area contributed by atoms with E-state index in [1.54, 1.807) is 12.3 Å². The Bertz CT molecular complexity index is 608. The van der Waals surface area contributed by atoms with E-state index in [0.717, 1.165) is 18.2 Å². The van der Waals surface area contributed by atoms with Crippen LogP contribution in [0.3, 0.4) is 0 Å². The van der Waals surface area contributed by atoms with Crippen molar-refractivity contribution in [3.8, 4) is 11.6 Å². The molecule has 2 aromatic rings. The van der Waals surface area contributed by atoms with Crippen LogP contribution < -0.4 is 10.1 Å². The van der Waals surface area contributed by atoms with E-state index in [4.69, 9.17) is 16.3 Å². The van der Waals surface area contributed by atoms with Gasteiger partial charge >= 0.3 is 0 Å². The standard InChI is InChI=1S/C14H13ClF2N2O/c1-2-18-7-9-6-10(15)14(19-8-9)20-12-5-3-4-11(16)13(12)17/h3-6,8,18H,2,7H2,1H3. The van der Waals surface area contributed by atoms with Crippen LogP contribution in [0, 0.1) is 11.6 Å². The number of hydrogen-bond donors (Lipinski definition) is 1. The molecule has 0 aliphatic rings. The maximum absolute atomic E-state index is 13.5. The fourth-order valence-corrected chi connectivity index (χ4v) is 1.80. The first kappa shape index (κ1) is 14.7. The van der Waals surface area contributed by atoms with E-state index in [1.807, 2.05) is 6.92 Å². The van der Waals surface area contributed by atoms with Crippen molar-refractivity contribution < 1.29 is 13.5 Å². The number of nitrogens with zero attached hydrogens (tertiary/aromatic N) is 1. The van der Waals surface area contributed by atoms with E-state index >= 15 is 0 Å². The molecule has 0 fully saturated rings. The predicted molar refractivity (Wildman–Crippen MR) is 73.1 cm³/mol. The van der Waals surface area contributed by atoms with Crippen molar-refractivity contribution in [3.63, 3.8) is 0 Å². The molecule has 0 atom stereocenters. The molecule has 0 spiro atoms. The Morgan fingerprint density at radius 3 is 2.85 bits per heavy atom. The van der Waals surface area contributed by atoms with Crippen LogP contribution in [-0.2, 0) is 6.54 Å². The molecule has 0 aliphatic heterocycles. The average Bonchev–Trinajstić information content (AvgIpc) is 2.44. The lowest BCUT2D eigenvalue weighted by molar-refractivity contribution is 0.405. The molecule has 106 valence electrons. The normalized spacial score (nSPS) is 10.6. The quantitative estimate of drug-likeness (QED) is 0.908. The van der Waals surface area contributed by atoms with Crippen LogP contribution in [-0.4, -0.2) is 11.5 Å². The summed E-state index contributed by atoms with van der Waals surface area (Å²) < 4.78 is 31.8. The molecule has 0 aliphatic carbocycles. The summed E-state index contributed by atoms with van der Waals surface area (Å²) in [5.74, 6) is -2.26. The van der Waals surface area contributed by atoms with Gasteiger partial charge in [-0.1, -0.05) is 24.6 Å². The Kier molecular flexibility index (Phi) is 4.87. The Labute approximate surface area is 120 Å². The van der Waals surface area contributed by atoms with Gasteiger partial charge in [-0.25, -0.2) is 9.37 Å². The van der Waals surface area contributed by atoms with Gasteiger partial charge in [-0.15, -0.1) is 0 Å². The molecule has 0 radical (unpaired) electrons. The fraction of sp³-hybridized carbons (Fsp3) is 0.214. The highest BCUT2D eigenvalue weighted by molar-refractivity contribution is 6.31. The highest BCUT2D eigenvalue weighted by Crippen LogP contribution is 2.29. The molecule has 20 heavy (non-hydrogen) atoms. The number of benzene rings is 1. The molecule has 1 aromatic carbocycles. The average molecular weight is 299 g/mol. The molecule has 6 heteroatoms. The third kappa shape index (κ3) is 3.43. The molecule has 2 rings (SSSR count). The van der Waals surface area contributed by atoms with E-state index in [9.17, 15) is 8.78 Å². The molecular weight excluding hydrogens is 286 g/mol. The van der Waals surface area contributed by atoms with Gasteiger partial charge in [0, 0.05) is 12.7 Å². The second-order valence-electron chi connectivity index (χ2n) is 4.06. The molecule has 1 heterocycles. The zero-order valence-corrected chi connectivity index (χ0v) is 11.5. The van der Waals surface area contributed by atoms with E-state index in [1.165, 1.54) is 12.1 Å². The SMILES string of the molecule is CCNCc1cnc(Oc2cccc(F)c2F)c(Cl)c1. The minimum atomic E-state index is -1.07. The van der Waals surface area contributed by atoms with Crippen molar-refractivity contribution in [2.75, 3.05) is 6.54 Å². The summed E-state index contributed by atoms with van der Waals surface area (Å²) in [7, 11) is 0. The Morgan fingerprint density at radius 2 is 2.15 bits per heavy atom. The van der Waals surface area contributed by atoms with E-state index < -0.39 is 11.6 Å². The Hall–Kier alpha value is -1.72. The molecule has 0 saturated heterocycles. The lowest BCUT2D eigenvalue weighted by Gasteiger charge is -2.09. The zero-order valence-electron chi connectivity index (χ0n) is 10.8. The summed E-state index contributed by atoms with van der Waals surface area (Å²) in [4.78, 5) is 4.01. The first-order valence-electron chi connectivity index (χ1n) is 6.08. The number of rotatable bonds is 5. The molecular formula is C14H13ClF2N2O. The minimum absolute atomic E-state index is 0.0383. The molecule has 1 N–H and O–H groups in total. The van der Waals surface area contributed by atoms with E-state index in [2.05, 4.69) is 10.3 Å². The van der Waals surface area contributed by atoms with Crippen LogP contribution in [0.4, 0.5) is 8.78 Å². The number of hydrogen-bond acceptors (Lipinski definition) is 3. The summed E-state index contributed by atoms with van der Waals surface area (Å²) in [5, 5.41) is 3.37. The van der Waals surface area contributed by atoms with Crippen molar-refractivity contribution in [3.05, 3.63) is 52.7 Å². The molecule has 3 nitrogen and oxygen atoms in total. The smallest absolute Gasteiger partial charge is 0.238 e. The van der Waals surface area contributed by atoms with Gasteiger partial charge in [0.25, 0.3) is 0 Å². The van der Waals surface area contributed by atoms with Gasteiger partial charge in [0.2, 0.25) is 11.7 Å². The van der Waals surface area contributed by atoms with Crippen molar-refractivity contribution in [2.45, 2.75) is 13.5 Å².